The van der Waals surface area contributed by atoms with Gasteiger partial charge in [-0.1, -0.05) is 6.07 Å². The summed E-state index contributed by atoms with van der Waals surface area (Å²) in [4.78, 5) is 21.2. The molecule has 24 heavy (non-hydrogen) atoms. The molecule has 3 heterocycles. The van der Waals surface area contributed by atoms with E-state index in [-0.39, 0.29) is 11.9 Å². The molecule has 0 radical (unpaired) electrons. The Morgan fingerprint density at radius 3 is 2.67 bits per heavy atom. The Bertz CT molecular complexity index is 675. The lowest BCUT2D eigenvalue weighted by Gasteiger charge is -2.35. The van der Waals surface area contributed by atoms with Gasteiger partial charge in [0, 0.05) is 51.3 Å². The zero-order chi connectivity index (χ0) is 17.1. The number of pyridine rings is 1. The van der Waals surface area contributed by atoms with E-state index >= 15 is 0 Å². The molecule has 2 aromatic rings. The van der Waals surface area contributed by atoms with E-state index in [1.165, 1.54) is 5.56 Å². The van der Waals surface area contributed by atoms with Crippen molar-refractivity contribution in [3.05, 3.63) is 46.5 Å². The Hall–Kier alpha value is -1.73. The first-order valence-corrected chi connectivity index (χ1v) is 8.95. The number of halogens is 1. The SMILES string of the molecule is Cc1nn(C(C)C(=O)N2CCN(Cc3cccnc3)CC2)cc1Br. The Morgan fingerprint density at radius 2 is 2.08 bits per heavy atom. The van der Waals surface area contributed by atoms with Gasteiger partial charge in [-0.3, -0.25) is 19.4 Å². The molecule has 1 atom stereocenters. The first kappa shape index (κ1) is 17.1. The van der Waals surface area contributed by atoms with Crippen molar-refractivity contribution in [2.45, 2.75) is 26.4 Å². The Balaban J connectivity index is 1.55. The predicted molar refractivity (Wildman–Crippen MR) is 95.5 cm³/mol. The maximum Gasteiger partial charge on any atom is 0.247 e. The summed E-state index contributed by atoms with van der Waals surface area (Å²) in [5, 5.41) is 4.40. The number of rotatable bonds is 4. The molecular weight excluding hydrogens is 370 g/mol. The Morgan fingerprint density at radius 1 is 1.33 bits per heavy atom. The lowest BCUT2D eigenvalue weighted by atomic mass is 10.2. The van der Waals surface area contributed by atoms with Gasteiger partial charge in [-0.15, -0.1) is 0 Å². The van der Waals surface area contributed by atoms with Crippen molar-refractivity contribution in [2.75, 3.05) is 26.2 Å². The fourth-order valence-electron chi connectivity index (χ4n) is 2.91. The van der Waals surface area contributed by atoms with Crippen LogP contribution < -0.4 is 0 Å². The second-order valence-electron chi connectivity index (χ2n) is 6.18. The summed E-state index contributed by atoms with van der Waals surface area (Å²) in [6, 6.07) is 3.77. The molecule has 1 saturated heterocycles. The van der Waals surface area contributed by atoms with Gasteiger partial charge >= 0.3 is 0 Å². The van der Waals surface area contributed by atoms with E-state index < -0.39 is 0 Å². The number of piperazine rings is 1. The van der Waals surface area contributed by atoms with Crippen molar-refractivity contribution in [2.24, 2.45) is 0 Å². The van der Waals surface area contributed by atoms with Gasteiger partial charge in [0.25, 0.3) is 0 Å². The standard InChI is InChI=1S/C17H22BrN5O/c1-13-16(18)12-23(20-13)14(2)17(24)22-8-6-21(7-9-22)11-15-4-3-5-19-10-15/h3-5,10,12,14H,6-9,11H2,1-2H3. The van der Waals surface area contributed by atoms with Crippen LogP contribution in [0.15, 0.2) is 35.2 Å². The fraction of sp³-hybridized carbons (Fsp3) is 0.471. The van der Waals surface area contributed by atoms with Gasteiger partial charge in [0.15, 0.2) is 0 Å². The first-order valence-electron chi connectivity index (χ1n) is 8.16. The number of carbonyl (C=O) groups excluding carboxylic acids is 1. The molecule has 0 spiro atoms. The van der Waals surface area contributed by atoms with Crippen LogP contribution in [-0.2, 0) is 11.3 Å². The number of nitrogens with zero attached hydrogens (tertiary/aromatic N) is 5. The molecule has 0 saturated carbocycles. The van der Waals surface area contributed by atoms with Gasteiger partial charge in [-0.25, -0.2) is 0 Å². The molecule has 3 rings (SSSR count). The van der Waals surface area contributed by atoms with Crippen LogP contribution in [0.4, 0.5) is 0 Å². The highest BCUT2D eigenvalue weighted by Crippen LogP contribution is 2.19. The minimum atomic E-state index is -0.278. The van der Waals surface area contributed by atoms with E-state index in [1.54, 1.807) is 10.9 Å². The molecule has 1 aliphatic heterocycles. The van der Waals surface area contributed by atoms with Crippen molar-refractivity contribution >= 4 is 21.8 Å². The molecule has 0 aliphatic carbocycles. The molecule has 0 N–H and O–H groups in total. The molecule has 2 aromatic heterocycles. The van der Waals surface area contributed by atoms with Crippen molar-refractivity contribution < 1.29 is 4.79 Å². The Kier molecular flexibility index (Phi) is 5.30. The number of hydrogen-bond donors (Lipinski definition) is 0. The van der Waals surface area contributed by atoms with Gasteiger partial charge < -0.3 is 4.90 Å². The minimum absolute atomic E-state index is 0.131. The molecule has 1 unspecified atom stereocenters. The normalized spacial score (nSPS) is 17.0. The second-order valence-corrected chi connectivity index (χ2v) is 7.04. The molecule has 7 heteroatoms. The number of hydrogen-bond acceptors (Lipinski definition) is 4. The smallest absolute Gasteiger partial charge is 0.247 e. The summed E-state index contributed by atoms with van der Waals surface area (Å²) in [5.41, 5.74) is 2.11. The van der Waals surface area contributed by atoms with Crippen molar-refractivity contribution in [3.63, 3.8) is 0 Å². The van der Waals surface area contributed by atoms with Crippen LogP contribution >= 0.6 is 15.9 Å². The number of carbonyl (C=O) groups is 1. The summed E-state index contributed by atoms with van der Waals surface area (Å²) in [6.45, 7) is 8.00. The summed E-state index contributed by atoms with van der Waals surface area (Å²) in [5.74, 6) is 0.131. The lowest BCUT2D eigenvalue weighted by molar-refractivity contribution is -0.136. The molecular formula is C17H22BrN5O. The predicted octanol–water partition coefficient (Wildman–Crippen LogP) is 2.25. The zero-order valence-corrected chi connectivity index (χ0v) is 15.6. The summed E-state index contributed by atoms with van der Waals surface area (Å²) in [7, 11) is 0. The van der Waals surface area contributed by atoms with E-state index in [2.05, 4.69) is 37.0 Å². The van der Waals surface area contributed by atoms with Crippen LogP contribution in [0.5, 0.6) is 0 Å². The largest absolute Gasteiger partial charge is 0.338 e. The first-order chi connectivity index (χ1) is 11.5. The third-order valence-electron chi connectivity index (χ3n) is 4.42. The van der Waals surface area contributed by atoms with Gasteiger partial charge in [0.1, 0.15) is 6.04 Å². The number of amides is 1. The quantitative estimate of drug-likeness (QED) is 0.801. The highest BCUT2D eigenvalue weighted by Gasteiger charge is 2.26. The van der Waals surface area contributed by atoms with Crippen LogP contribution in [0.1, 0.15) is 24.2 Å². The van der Waals surface area contributed by atoms with Gasteiger partial charge in [0.2, 0.25) is 5.91 Å². The molecule has 1 fully saturated rings. The van der Waals surface area contributed by atoms with E-state index in [9.17, 15) is 4.79 Å². The fourth-order valence-corrected chi connectivity index (χ4v) is 3.20. The highest BCUT2D eigenvalue weighted by atomic mass is 79.9. The van der Waals surface area contributed by atoms with Gasteiger partial charge in [0.05, 0.1) is 10.2 Å². The highest BCUT2D eigenvalue weighted by molar-refractivity contribution is 9.10. The third kappa shape index (κ3) is 3.84. The van der Waals surface area contributed by atoms with Crippen LogP contribution in [0.2, 0.25) is 0 Å². The van der Waals surface area contributed by atoms with E-state index in [0.717, 1.165) is 42.9 Å². The summed E-state index contributed by atoms with van der Waals surface area (Å²) in [6.07, 6.45) is 5.56. The Labute approximate surface area is 150 Å². The number of aryl methyl sites for hydroxylation is 1. The molecule has 0 aromatic carbocycles. The molecule has 128 valence electrons. The molecule has 0 bridgehead atoms. The van der Waals surface area contributed by atoms with Crippen LogP contribution in [0.3, 0.4) is 0 Å². The van der Waals surface area contributed by atoms with Crippen molar-refractivity contribution in [3.8, 4) is 0 Å². The monoisotopic (exact) mass is 391 g/mol. The van der Waals surface area contributed by atoms with Gasteiger partial charge in [-0.05, 0) is 41.4 Å². The zero-order valence-electron chi connectivity index (χ0n) is 14.0. The molecule has 1 aliphatic rings. The van der Waals surface area contributed by atoms with Crippen LogP contribution in [-0.4, -0.2) is 56.7 Å². The van der Waals surface area contributed by atoms with Crippen LogP contribution in [0.25, 0.3) is 0 Å². The van der Waals surface area contributed by atoms with E-state index in [1.807, 2.05) is 37.2 Å². The summed E-state index contributed by atoms with van der Waals surface area (Å²) >= 11 is 3.45. The van der Waals surface area contributed by atoms with Crippen molar-refractivity contribution in [1.29, 1.82) is 0 Å². The summed E-state index contributed by atoms with van der Waals surface area (Å²) < 4.78 is 2.67. The van der Waals surface area contributed by atoms with E-state index in [4.69, 9.17) is 0 Å². The lowest BCUT2D eigenvalue weighted by Crippen LogP contribution is -2.49. The maximum atomic E-state index is 12.7. The second kappa shape index (κ2) is 7.44. The molecule has 1 amide bonds. The van der Waals surface area contributed by atoms with Gasteiger partial charge in [-0.2, -0.15) is 5.10 Å². The average molecular weight is 392 g/mol. The average Bonchev–Trinajstić information content (AvgIpc) is 2.94. The van der Waals surface area contributed by atoms with Crippen LogP contribution in [0, 0.1) is 6.92 Å². The topological polar surface area (TPSA) is 54.3 Å². The third-order valence-corrected chi connectivity index (χ3v) is 5.20. The molecule has 6 nitrogen and oxygen atoms in total. The maximum absolute atomic E-state index is 12.7. The van der Waals surface area contributed by atoms with Crippen molar-refractivity contribution in [1.82, 2.24) is 24.6 Å². The van der Waals surface area contributed by atoms with E-state index in [0.29, 0.717) is 0 Å². The number of aromatic nitrogens is 3. The minimum Gasteiger partial charge on any atom is -0.338 e.